The van der Waals surface area contributed by atoms with E-state index in [-0.39, 0.29) is 6.04 Å². The molecule has 0 aliphatic carbocycles. The average molecular weight is 266 g/mol. The second kappa shape index (κ2) is 5.44. The SMILES string of the molecule is CC(Nc1ccccc1Cl)c1ccc(Cl)cc1. The summed E-state index contributed by atoms with van der Waals surface area (Å²) in [4.78, 5) is 0. The van der Waals surface area contributed by atoms with Gasteiger partial charge in [-0.3, -0.25) is 0 Å². The summed E-state index contributed by atoms with van der Waals surface area (Å²) >= 11 is 12.0. The summed E-state index contributed by atoms with van der Waals surface area (Å²) in [5, 5.41) is 4.85. The lowest BCUT2D eigenvalue weighted by Crippen LogP contribution is -2.06. The molecular formula is C14H13Cl2N. The van der Waals surface area contributed by atoms with Crippen molar-refractivity contribution in [3.63, 3.8) is 0 Å². The molecule has 17 heavy (non-hydrogen) atoms. The van der Waals surface area contributed by atoms with Crippen LogP contribution in [0.3, 0.4) is 0 Å². The van der Waals surface area contributed by atoms with Gasteiger partial charge in [-0.1, -0.05) is 47.5 Å². The van der Waals surface area contributed by atoms with Gasteiger partial charge in [-0.05, 0) is 36.8 Å². The number of hydrogen-bond acceptors (Lipinski definition) is 1. The highest BCUT2D eigenvalue weighted by Crippen LogP contribution is 2.26. The zero-order valence-corrected chi connectivity index (χ0v) is 11.0. The lowest BCUT2D eigenvalue weighted by Gasteiger charge is -2.16. The number of benzene rings is 2. The van der Waals surface area contributed by atoms with Crippen molar-refractivity contribution in [2.24, 2.45) is 0 Å². The first-order chi connectivity index (χ1) is 8.16. The fourth-order valence-corrected chi connectivity index (χ4v) is 1.96. The van der Waals surface area contributed by atoms with Gasteiger partial charge in [0.2, 0.25) is 0 Å². The molecule has 0 aliphatic heterocycles. The molecule has 0 saturated heterocycles. The molecule has 88 valence electrons. The van der Waals surface area contributed by atoms with Crippen LogP contribution < -0.4 is 5.32 Å². The van der Waals surface area contributed by atoms with Gasteiger partial charge in [-0.25, -0.2) is 0 Å². The highest BCUT2D eigenvalue weighted by atomic mass is 35.5. The highest BCUT2D eigenvalue weighted by molar-refractivity contribution is 6.33. The molecule has 2 aromatic rings. The zero-order valence-electron chi connectivity index (χ0n) is 9.45. The Kier molecular flexibility index (Phi) is 3.93. The minimum absolute atomic E-state index is 0.187. The molecule has 0 saturated carbocycles. The molecular weight excluding hydrogens is 253 g/mol. The van der Waals surface area contributed by atoms with Crippen LogP contribution in [0.4, 0.5) is 5.69 Å². The summed E-state index contributed by atoms with van der Waals surface area (Å²) in [5.74, 6) is 0. The van der Waals surface area contributed by atoms with Crippen LogP contribution in [0.5, 0.6) is 0 Å². The predicted octanol–water partition coefficient (Wildman–Crippen LogP) is 5.17. The molecule has 0 aromatic heterocycles. The lowest BCUT2D eigenvalue weighted by molar-refractivity contribution is 0.885. The van der Waals surface area contributed by atoms with Crippen LogP contribution in [0, 0.1) is 0 Å². The number of rotatable bonds is 3. The molecule has 0 spiro atoms. The molecule has 0 aliphatic rings. The summed E-state index contributed by atoms with van der Waals surface area (Å²) in [5.41, 5.74) is 2.12. The average Bonchev–Trinajstić information content (AvgIpc) is 2.33. The molecule has 3 heteroatoms. The molecule has 0 fully saturated rings. The first kappa shape index (κ1) is 12.3. The number of anilines is 1. The Morgan fingerprint density at radius 1 is 0.941 bits per heavy atom. The van der Waals surface area contributed by atoms with Crippen LogP contribution in [0.25, 0.3) is 0 Å². The molecule has 2 rings (SSSR count). The number of para-hydroxylation sites is 1. The Morgan fingerprint density at radius 2 is 1.59 bits per heavy atom. The maximum Gasteiger partial charge on any atom is 0.0637 e. The van der Waals surface area contributed by atoms with Crippen molar-refractivity contribution >= 4 is 28.9 Å². The van der Waals surface area contributed by atoms with E-state index in [2.05, 4.69) is 12.2 Å². The van der Waals surface area contributed by atoms with Crippen molar-refractivity contribution < 1.29 is 0 Å². The van der Waals surface area contributed by atoms with Crippen molar-refractivity contribution in [2.45, 2.75) is 13.0 Å². The lowest BCUT2D eigenvalue weighted by atomic mass is 10.1. The molecule has 1 nitrogen and oxygen atoms in total. The van der Waals surface area contributed by atoms with Gasteiger partial charge in [0, 0.05) is 11.1 Å². The molecule has 0 bridgehead atoms. The minimum Gasteiger partial charge on any atom is -0.377 e. The van der Waals surface area contributed by atoms with Gasteiger partial charge in [0.1, 0.15) is 0 Å². The summed E-state index contributed by atoms with van der Waals surface area (Å²) in [6.45, 7) is 2.09. The van der Waals surface area contributed by atoms with Crippen molar-refractivity contribution in [3.8, 4) is 0 Å². The third-order valence-electron chi connectivity index (χ3n) is 2.62. The Hall–Kier alpha value is -1.18. The van der Waals surface area contributed by atoms with E-state index < -0.39 is 0 Å². The van der Waals surface area contributed by atoms with Crippen LogP contribution in [-0.2, 0) is 0 Å². The van der Waals surface area contributed by atoms with Crippen LogP contribution in [-0.4, -0.2) is 0 Å². The number of nitrogens with one attached hydrogen (secondary N) is 1. The fraction of sp³-hybridized carbons (Fsp3) is 0.143. The predicted molar refractivity (Wildman–Crippen MR) is 74.9 cm³/mol. The Morgan fingerprint density at radius 3 is 2.24 bits per heavy atom. The van der Waals surface area contributed by atoms with Crippen molar-refractivity contribution in [1.29, 1.82) is 0 Å². The molecule has 0 heterocycles. The first-order valence-corrected chi connectivity index (χ1v) is 6.19. The standard InChI is InChI=1S/C14H13Cl2N/c1-10(11-6-8-12(15)9-7-11)17-14-5-3-2-4-13(14)16/h2-10,17H,1H3. The quantitative estimate of drug-likeness (QED) is 0.808. The van der Waals surface area contributed by atoms with Crippen LogP contribution in [0.1, 0.15) is 18.5 Å². The van der Waals surface area contributed by atoms with E-state index in [9.17, 15) is 0 Å². The molecule has 1 N–H and O–H groups in total. The first-order valence-electron chi connectivity index (χ1n) is 5.43. The van der Waals surface area contributed by atoms with Gasteiger partial charge < -0.3 is 5.32 Å². The molecule has 1 unspecified atom stereocenters. The minimum atomic E-state index is 0.187. The van der Waals surface area contributed by atoms with Gasteiger partial charge in [-0.2, -0.15) is 0 Å². The summed E-state index contributed by atoms with van der Waals surface area (Å²) in [6.07, 6.45) is 0. The maximum absolute atomic E-state index is 6.10. The van der Waals surface area contributed by atoms with Gasteiger partial charge in [0.15, 0.2) is 0 Å². The van der Waals surface area contributed by atoms with E-state index in [4.69, 9.17) is 23.2 Å². The summed E-state index contributed by atoms with van der Waals surface area (Å²) in [7, 11) is 0. The van der Waals surface area contributed by atoms with Crippen molar-refractivity contribution in [3.05, 3.63) is 64.1 Å². The Labute approximate surface area is 111 Å². The Balaban J connectivity index is 2.14. The Bertz CT molecular complexity index is 494. The van der Waals surface area contributed by atoms with E-state index in [1.807, 2.05) is 48.5 Å². The van der Waals surface area contributed by atoms with Crippen molar-refractivity contribution in [2.75, 3.05) is 5.32 Å². The van der Waals surface area contributed by atoms with Gasteiger partial charge in [-0.15, -0.1) is 0 Å². The fourth-order valence-electron chi connectivity index (χ4n) is 1.65. The molecule has 0 radical (unpaired) electrons. The van der Waals surface area contributed by atoms with Crippen LogP contribution >= 0.6 is 23.2 Å². The van der Waals surface area contributed by atoms with Crippen LogP contribution in [0.15, 0.2) is 48.5 Å². The molecule has 0 amide bonds. The smallest absolute Gasteiger partial charge is 0.0637 e. The van der Waals surface area contributed by atoms with Crippen LogP contribution in [0.2, 0.25) is 10.0 Å². The van der Waals surface area contributed by atoms with E-state index in [0.717, 1.165) is 15.7 Å². The molecule has 2 aromatic carbocycles. The second-order valence-corrected chi connectivity index (χ2v) is 4.74. The molecule has 1 atom stereocenters. The third-order valence-corrected chi connectivity index (χ3v) is 3.20. The zero-order chi connectivity index (χ0) is 12.3. The van der Waals surface area contributed by atoms with E-state index in [1.54, 1.807) is 0 Å². The largest absolute Gasteiger partial charge is 0.377 e. The maximum atomic E-state index is 6.10. The summed E-state index contributed by atoms with van der Waals surface area (Å²) < 4.78 is 0. The topological polar surface area (TPSA) is 12.0 Å². The van der Waals surface area contributed by atoms with E-state index in [1.165, 1.54) is 5.56 Å². The van der Waals surface area contributed by atoms with E-state index in [0.29, 0.717) is 0 Å². The third kappa shape index (κ3) is 3.15. The number of hydrogen-bond donors (Lipinski definition) is 1. The van der Waals surface area contributed by atoms with E-state index >= 15 is 0 Å². The number of halogens is 2. The highest BCUT2D eigenvalue weighted by Gasteiger charge is 2.06. The summed E-state index contributed by atoms with van der Waals surface area (Å²) in [6, 6.07) is 15.7. The monoisotopic (exact) mass is 265 g/mol. The van der Waals surface area contributed by atoms with Crippen molar-refractivity contribution in [1.82, 2.24) is 0 Å². The second-order valence-electron chi connectivity index (χ2n) is 3.90. The normalized spacial score (nSPS) is 12.2. The van der Waals surface area contributed by atoms with Gasteiger partial charge in [0.25, 0.3) is 0 Å². The van der Waals surface area contributed by atoms with Gasteiger partial charge in [0.05, 0.1) is 10.7 Å². The van der Waals surface area contributed by atoms with Gasteiger partial charge >= 0.3 is 0 Å².